The fourth-order valence-corrected chi connectivity index (χ4v) is 3.33. The van der Waals surface area contributed by atoms with Gasteiger partial charge in [0.25, 0.3) is 5.91 Å². The van der Waals surface area contributed by atoms with Crippen molar-refractivity contribution in [3.8, 4) is 11.5 Å². The molecule has 0 atom stereocenters. The van der Waals surface area contributed by atoms with Gasteiger partial charge in [-0.3, -0.25) is 4.79 Å². The van der Waals surface area contributed by atoms with Crippen LogP contribution in [-0.4, -0.2) is 40.3 Å². The Kier molecular flexibility index (Phi) is 6.41. The molecule has 134 valence electrons. The maximum Gasteiger partial charge on any atom is 0.252 e. The van der Waals surface area contributed by atoms with Crippen LogP contribution in [0.2, 0.25) is 0 Å². The van der Waals surface area contributed by atoms with Crippen molar-refractivity contribution >= 4 is 15.7 Å². The van der Waals surface area contributed by atoms with Crippen molar-refractivity contribution in [2.24, 2.45) is 0 Å². The number of nitrogens with one attached hydrogen (secondary N) is 1. The van der Waals surface area contributed by atoms with Gasteiger partial charge in [0.2, 0.25) is 0 Å². The third-order valence-electron chi connectivity index (χ3n) is 3.56. The topological polar surface area (TPSA) is 81.7 Å². The maximum atomic E-state index is 12.3. The summed E-state index contributed by atoms with van der Waals surface area (Å²) >= 11 is 0. The van der Waals surface area contributed by atoms with Gasteiger partial charge in [0.1, 0.15) is 6.61 Å². The van der Waals surface area contributed by atoms with E-state index in [4.69, 9.17) is 9.47 Å². The van der Waals surface area contributed by atoms with E-state index in [9.17, 15) is 13.2 Å². The lowest BCUT2D eigenvalue weighted by Gasteiger charge is -2.12. The molecule has 0 saturated carbocycles. The zero-order valence-electron chi connectivity index (χ0n) is 14.2. The lowest BCUT2D eigenvalue weighted by molar-refractivity contribution is 0.0943. The molecular formula is C18H21NO5S. The first-order valence-corrected chi connectivity index (χ1v) is 9.50. The fourth-order valence-electron chi connectivity index (χ4n) is 2.24. The van der Waals surface area contributed by atoms with E-state index < -0.39 is 15.7 Å². The smallest absolute Gasteiger partial charge is 0.252 e. The number of para-hydroxylation sites is 2. The van der Waals surface area contributed by atoms with E-state index >= 15 is 0 Å². The highest BCUT2D eigenvalue weighted by molar-refractivity contribution is 7.91. The van der Waals surface area contributed by atoms with E-state index in [2.05, 4.69) is 5.32 Å². The number of hydrogen-bond acceptors (Lipinski definition) is 5. The van der Waals surface area contributed by atoms with Crippen LogP contribution >= 0.6 is 0 Å². The van der Waals surface area contributed by atoms with Crippen molar-refractivity contribution in [1.82, 2.24) is 5.32 Å². The van der Waals surface area contributed by atoms with Gasteiger partial charge in [-0.2, -0.15) is 0 Å². The minimum atomic E-state index is -3.47. The minimum absolute atomic E-state index is 0.0423. The molecule has 25 heavy (non-hydrogen) atoms. The number of sulfone groups is 1. The zero-order valence-corrected chi connectivity index (χ0v) is 15.0. The molecule has 2 rings (SSSR count). The van der Waals surface area contributed by atoms with E-state index in [1.807, 2.05) is 12.1 Å². The summed E-state index contributed by atoms with van der Waals surface area (Å²) in [6.45, 7) is 2.01. The molecule has 0 aromatic heterocycles. The molecule has 0 radical (unpaired) electrons. The molecule has 0 heterocycles. The number of benzene rings is 2. The van der Waals surface area contributed by atoms with Gasteiger partial charge in [0.05, 0.1) is 29.9 Å². The maximum absolute atomic E-state index is 12.3. The quantitative estimate of drug-likeness (QED) is 0.728. The number of carbonyl (C=O) groups excluding carboxylic acids is 1. The average molecular weight is 363 g/mol. The number of amides is 1. The lowest BCUT2D eigenvalue weighted by Crippen LogP contribution is -2.29. The standard InChI is InChI=1S/C18H21NO5S/c1-3-25(21,22)17-11-7-4-8-14(17)18(20)19-12-13-24-16-10-6-5-9-15(16)23-2/h4-11H,3,12-13H2,1-2H3,(H,19,20). The van der Waals surface area contributed by atoms with E-state index in [0.717, 1.165) is 0 Å². The molecule has 1 amide bonds. The highest BCUT2D eigenvalue weighted by Crippen LogP contribution is 2.25. The van der Waals surface area contributed by atoms with Crippen LogP contribution in [0.15, 0.2) is 53.4 Å². The van der Waals surface area contributed by atoms with Crippen molar-refractivity contribution in [2.75, 3.05) is 26.0 Å². The predicted molar refractivity (Wildman–Crippen MR) is 95.0 cm³/mol. The summed E-state index contributed by atoms with van der Waals surface area (Å²) in [5, 5.41) is 2.67. The minimum Gasteiger partial charge on any atom is -0.493 e. The van der Waals surface area contributed by atoms with E-state index in [1.165, 1.54) is 12.1 Å². The average Bonchev–Trinajstić information content (AvgIpc) is 2.65. The molecule has 0 bridgehead atoms. The summed E-state index contributed by atoms with van der Waals surface area (Å²) in [7, 11) is -1.91. The predicted octanol–water partition coefficient (Wildman–Crippen LogP) is 2.30. The molecule has 7 heteroatoms. The largest absolute Gasteiger partial charge is 0.493 e. The summed E-state index contributed by atoms with van der Waals surface area (Å²) in [5.41, 5.74) is 0.140. The second kappa shape index (κ2) is 8.53. The number of hydrogen-bond donors (Lipinski definition) is 1. The first-order chi connectivity index (χ1) is 12.0. The molecule has 6 nitrogen and oxygen atoms in total. The molecule has 0 saturated heterocycles. The van der Waals surface area contributed by atoms with Gasteiger partial charge in [-0.1, -0.05) is 31.2 Å². The van der Waals surface area contributed by atoms with E-state index in [0.29, 0.717) is 11.5 Å². The normalized spacial score (nSPS) is 11.0. The van der Waals surface area contributed by atoms with Gasteiger partial charge in [-0.05, 0) is 24.3 Å². The second-order valence-electron chi connectivity index (χ2n) is 5.15. The van der Waals surface area contributed by atoms with Gasteiger partial charge >= 0.3 is 0 Å². The molecular weight excluding hydrogens is 342 g/mol. The van der Waals surface area contributed by atoms with Crippen molar-refractivity contribution in [1.29, 1.82) is 0 Å². The summed E-state index contributed by atoms with van der Waals surface area (Å²) in [5.74, 6) is 0.673. The van der Waals surface area contributed by atoms with Gasteiger partial charge in [-0.15, -0.1) is 0 Å². The van der Waals surface area contributed by atoms with Crippen LogP contribution in [0.3, 0.4) is 0 Å². The number of rotatable bonds is 8. The van der Waals surface area contributed by atoms with Crippen molar-refractivity contribution in [3.05, 3.63) is 54.1 Å². The Balaban J connectivity index is 1.98. The molecule has 0 unspecified atom stereocenters. The Labute approximate surface area is 147 Å². The summed E-state index contributed by atoms with van der Waals surface area (Å²) in [6, 6.07) is 13.4. The molecule has 0 spiro atoms. The van der Waals surface area contributed by atoms with Crippen LogP contribution in [0.1, 0.15) is 17.3 Å². The van der Waals surface area contributed by atoms with Crippen LogP contribution in [0.4, 0.5) is 0 Å². The van der Waals surface area contributed by atoms with Gasteiger partial charge in [0, 0.05) is 0 Å². The van der Waals surface area contributed by atoms with Crippen LogP contribution < -0.4 is 14.8 Å². The Hall–Kier alpha value is -2.54. The Morgan fingerprint density at radius 3 is 2.36 bits per heavy atom. The highest BCUT2D eigenvalue weighted by Gasteiger charge is 2.20. The lowest BCUT2D eigenvalue weighted by atomic mass is 10.2. The molecule has 0 aliphatic carbocycles. The zero-order chi connectivity index (χ0) is 18.3. The second-order valence-corrected chi connectivity index (χ2v) is 7.40. The van der Waals surface area contributed by atoms with Crippen LogP contribution in [-0.2, 0) is 9.84 Å². The molecule has 2 aromatic rings. The van der Waals surface area contributed by atoms with Gasteiger partial charge in [0.15, 0.2) is 21.3 Å². The number of carbonyl (C=O) groups is 1. The third kappa shape index (κ3) is 4.73. The van der Waals surface area contributed by atoms with Gasteiger partial charge < -0.3 is 14.8 Å². The summed E-state index contributed by atoms with van der Waals surface area (Å²) in [6.07, 6.45) is 0. The molecule has 2 aromatic carbocycles. The van der Waals surface area contributed by atoms with Gasteiger partial charge in [-0.25, -0.2) is 8.42 Å². The molecule has 0 fully saturated rings. The summed E-state index contributed by atoms with van der Waals surface area (Å²) in [4.78, 5) is 12.3. The number of methoxy groups -OCH3 is 1. The van der Waals surface area contributed by atoms with Crippen molar-refractivity contribution in [3.63, 3.8) is 0 Å². The van der Waals surface area contributed by atoms with Crippen LogP contribution in [0, 0.1) is 0 Å². The fraction of sp³-hybridized carbons (Fsp3) is 0.278. The van der Waals surface area contributed by atoms with Crippen molar-refractivity contribution < 1.29 is 22.7 Å². The van der Waals surface area contributed by atoms with Crippen LogP contribution in [0.25, 0.3) is 0 Å². The first-order valence-electron chi connectivity index (χ1n) is 7.85. The van der Waals surface area contributed by atoms with Crippen molar-refractivity contribution in [2.45, 2.75) is 11.8 Å². The van der Waals surface area contributed by atoms with Crippen LogP contribution in [0.5, 0.6) is 11.5 Å². The van der Waals surface area contributed by atoms with E-state index in [1.54, 1.807) is 38.3 Å². The summed E-state index contributed by atoms with van der Waals surface area (Å²) < 4.78 is 34.9. The molecule has 0 aliphatic rings. The first kappa shape index (κ1) is 18.8. The Morgan fingerprint density at radius 1 is 1.04 bits per heavy atom. The third-order valence-corrected chi connectivity index (χ3v) is 5.35. The molecule has 1 N–H and O–H groups in total. The Bertz CT molecular complexity index is 833. The monoisotopic (exact) mass is 363 g/mol. The molecule has 0 aliphatic heterocycles. The van der Waals surface area contributed by atoms with E-state index in [-0.39, 0.29) is 29.4 Å². The SMILES string of the molecule is CCS(=O)(=O)c1ccccc1C(=O)NCCOc1ccccc1OC. The number of ether oxygens (including phenoxy) is 2. The highest BCUT2D eigenvalue weighted by atomic mass is 32.2. The Morgan fingerprint density at radius 2 is 1.68 bits per heavy atom.